The standard InChI is InChI=1S/C46H50N4O4/c1-32-35(13-10-17-45(32)53-3)29-49(37-18-20-39(51)21-19-37)33(2)42-28-44(48-22-9-8-16-43(42)48)40-14-6-7-15-41(40)46(52)50-30-36-12-5-4-11-34(36)27-38(50)31-47-23-25-54-26-24-47/h4-7,10-15,17-21,28,38,51H,2,8-9,16,22-27,29-31H2,1,3H3/t38-/m0/s1. The van der Waals surface area contributed by atoms with Crippen LogP contribution in [0.15, 0.2) is 104 Å². The number of carbonyl (C=O) groups excluding carboxylic acids is 1. The summed E-state index contributed by atoms with van der Waals surface area (Å²) in [4.78, 5) is 21.8. The summed E-state index contributed by atoms with van der Waals surface area (Å²) in [6.07, 6.45) is 3.93. The van der Waals surface area contributed by atoms with E-state index >= 15 is 0 Å². The van der Waals surface area contributed by atoms with E-state index in [0.717, 1.165) is 116 Å². The third kappa shape index (κ3) is 7.04. The van der Waals surface area contributed by atoms with E-state index in [9.17, 15) is 9.90 Å². The van der Waals surface area contributed by atoms with E-state index < -0.39 is 0 Å². The number of phenolic OH excluding ortho intramolecular Hbond substituents is 1. The van der Waals surface area contributed by atoms with Gasteiger partial charge in [0.2, 0.25) is 0 Å². The Morgan fingerprint density at radius 1 is 0.907 bits per heavy atom. The van der Waals surface area contributed by atoms with Crippen molar-refractivity contribution < 1.29 is 19.4 Å². The van der Waals surface area contributed by atoms with Gasteiger partial charge < -0.3 is 28.9 Å². The van der Waals surface area contributed by atoms with Crippen LogP contribution in [-0.4, -0.2) is 71.4 Å². The topological polar surface area (TPSA) is 70.4 Å². The first-order valence-electron chi connectivity index (χ1n) is 19.3. The Hall–Kier alpha value is -5.31. The molecule has 1 atom stereocenters. The quantitative estimate of drug-likeness (QED) is 0.157. The molecule has 0 spiro atoms. The number of fused-ring (bicyclic) bond motifs is 2. The van der Waals surface area contributed by atoms with Crippen molar-refractivity contribution >= 4 is 17.3 Å². The number of benzene rings is 4. The third-order valence-corrected chi connectivity index (χ3v) is 11.6. The van der Waals surface area contributed by atoms with Crippen LogP contribution < -0.4 is 9.64 Å². The van der Waals surface area contributed by atoms with Crippen molar-refractivity contribution in [2.45, 2.75) is 58.3 Å². The van der Waals surface area contributed by atoms with Crippen molar-refractivity contribution in [1.82, 2.24) is 14.4 Å². The zero-order chi connectivity index (χ0) is 37.2. The number of rotatable bonds is 10. The van der Waals surface area contributed by atoms with Crippen LogP contribution >= 0.6 is 0 Å². The van der Waals surface area contributed by atoms with Crippen LogP contribution in [0.25, 0.3) is 17.0 Å². The molecule has 1 fully saturated rings. The van der Waals surface area contributed by atoms with E-state index in [0.29, 0.717) is 13.1 Å². The monoisotopic (exact) mass is 722 g/mol. The molecular formula is C46H50N4O4. The molecule has 1 saturated heterocycles. The molecule has 0 saturated carbocycles. The minimum atomic E-state index is 0.0639. The number of ether oxygens (including phenoxy) is 2. The molecule has 1 amide bonds. The normalized spacial score (nSPS) is 17.1. The summed E-state index contributed by atoms with van der Waals surface area (Å²) in [5, 5.41) is 10.2. The smallest absolute Gasteiger partial charge is 0.255 e. The highest BCUT2D eigenvalue weighted by atomic mass is 16.5. The largest absolute Gasteiger partial charge is 0.508 e. The highest BCUT2D eigenvalue weighted by Gasteiger charge is 2.34. The number of hydrogen-bond acceptors (Lipinski definition) is 6. The summed E-state index contributed by atoms with van der Waals surface area (Å²) >= 11 is 0. The number of morpholine rings is 1. The Kier molecular flexibility index (Phi) is 10.3. The van der Waals surface area contributed by atoms with Gasteiger partial charge >= 0.3 is 0 Å². The molecule has 5 aromatic rings. The molecule has 8 rings (SSSR count). The van der Waals surface area contributed by atoms with Crippen LogP contribution in [0.1, 0.15) is 56.7 Å². The van der Waals surface area contributed by atoms with E-state index in [4.69, 9.17) is 16.1 Å². The van der Waals surface area contributed by atoms with Crippen LogP contribution in [0.5, 0.6) is 11.5 Å². The maximum absolute atomic E-state index is 15.0. The van der Waals surface area contributed by atoms with Crippen molar-refractivity contribution in [2.75, 3.05) is 44.9 Å². The average molecular weight is 723 g/mol. The van der Waals surface area contributed by atoms with Crippen molar-refractivity contribution in [3.63, 3.8) is 0 Å². The van der Waals surface area contributed by atoms with Gasteiger partial charge in [-0.3, -0.25) is 9.69 Å². The lowest BCUT2D eigenvalue weighted by molar-refractivity contribution is 0.0193. The van der Waals surface area contributed by atoms with Crippen molar-refractivity contribution in [1.29, 1.82) is 0 Å². The predicted molar refractivity (Wildman–Crippen MR) is 215 cm³/mol. The number of amides is 1. The maximum atomic E-state index is 15.0. The number of anilines is 1. The molecule has 0 bridgehead atoms. The van der Waals surface area contributed by atoms with Gasteiger partial charge in [0.05, 0.1) is 20.3 Å². The Balaban J connectivity index is 1.18. The van der Waals surface area contributed by atoms with Gasteiger partial charge in [0.25, 0.3) is 5.91 Å². The second-order valence-corrected chi connectivity index (χ2v) is 14.8. The Bertz CT molecular complexity index is 2150. The average Bonchev–Trinajstić information content (AvgIpc) is 3.60. The number of aromatic hydroxyl groups is 1. The molecule has 4 aromatic carbocycles. The molecule has 0 radical (unpaired) electrons. The van der Waals surface area contributed by atoms with E-state index in [1.165, 1.54) is 16.8 Å². The van der Waals surface area contributed by atoms with Gasteiger partial charge in [-0.05, 0) is 97.3 Å². The highest BCUT2D eigenvalue weighted by molar-refractivity contribution is 6.01. The molecule has 4 heterocycles. The molecular weight excluding hydrogens is 673 g/mol. The summed E-state index contributed by atoms with van der Waals surface area (Å²) in [6, 6.07) is 32.5. The fraction of sp³-hybridized carbons (Fsp3) is 0.326. The molecule has 8 heteroatoms. The second-order valence-electron chi connectivity index (χ2n) is 14.8. The number of carbonyl (C=O) groups is 1. The minimum absolute atomic E-state index is 0.0639. The Morgan fingerprint density at radius 3 is 2.46 bits per heavy atom. The fourth-order valence-electron chi connectivity index (χ4n) is 8.61. The van der Waals surface area contributed by atoms with Gasteiger partial charge in [-0.25, -0.2) is 0 Å². The minimum Gasteiger partial charge on any atom is -0.508 e. The van der Waals surface area contributed by atoms with Crippen LogP contribution in [0.4, 0.5) is 5.69 Å². The number of phenols is 1. The molecule has 1 N–H and O–H groups in total. The summed E-state index contributed by atoms with van der Waals surface area (Å²) in [7, 11) is 1.70. The van der Waals surface area contributed by atoms with E-state index in [1.54, 1.807) is 19.2 Å². The van der Waals surface area contributed by atoms with Crippen LogP contribution in [0, 0.1) is 6.92 Å². The summed E-state index contributed by atoms with van der Waals surface area (Å²) in [6.45, 7) is 13.0. The van der Waals surface area contributed by atoms with E-state index in [-0.39, 0.29) is 17.7 Å². The van der Waals surface area contributed by atoms with E-state index in [1.807, 2.05) is 36.4 Å². The van der Waals surface area contributed by atoms with Gasteiger partial charge in [-0.1, -0.05) is 61.2 Å². The highest BCUT2D eigenvalue weighted by Crippen LogP contribution is 2.39. The first-order valence-corrected chi connectivity index (χ1v) is 19.3. The lowest BCUT2D eigenvalue weighted by Gasteiger charge is -2.40. The summed E-state index contributed by atoms with van der Waals surface area (Å²) in [5.74, 6) is 1.14. The zero-order valence-electron chi connectivity index (χ0n) is 31.5. The van der Waals surface area contributed by atoms with Crippen LogP contribution in [-0.2, 0) is 37.2 Å². The van der Waals surface area contributed by atoms with Gasteiger partial charge in [0, 0.05) is 84.8 Å². The van der Waals surface area contributed by atoms with Crippen molar-refractivity contribution in [3.05, 3.63) is 143 Å². The van der Waals surface area contributed by atoms with Gasteiger partial charge in [0.1, 0.15) is 11.5 Å². The Morgan fingerprint density at radius 2 is 1.67 bits per heavy atom. The van der Waals surface area contributed by atoms with Crippen molar-refractivity contribution in [2.24, 2.45) is 0 Å². The maximum Gasteiger partial charge on any atom is 0.255 e. The second kappa shape index (κ2) is 15.6. The molecule has 0 unspecified atom stereocenters. The molecule has 54 heavy (non-hydrogen) atoms. The molecule has 278 valence electrons. The first kappa shape index (κ1) is 35.7. The fourth-order valence-corrected chi connectivity index (χ4v) is 8.61. The number of hydrogen-bond donors (Lipinski definition) is 1. The number of nitrogens with zero attached hydrogens (tertiary/aromatic N) is 4. The van der Waals surface area contributed by atoms with Crippen LogP contribution in [0.2, 0.25) is 0 Å². The zero-order valence-corrected chi connectivity index (χ0v) is 31.5. The van der Waals surface area contributed by atoms with Gasteiger partial charge in [-0.15, -0.1) is 0 Å². The summed E-state index contributed by atoms with van der Waals surface area (Å²) < 4.78 is 13.8. The van der Waals surface area contributed by atoms with Crippen molar-refractivity contribution in [3.8, 4) is 22.8 Å². The van der Waals surface area contributed by atoms with Crippen LogP contribution in [0.3, 0.4) is 0 Å². The van der Waals surface area contributed by atoms with Gasteiger partial charge in [-0.2, -0.15) is 0 Å². The molecule has 1 aromatic heterocycles. The molecule has 3 aliphatic rings. The SMILES string of the molecule is C=C(c1cc(-c2ccccc2C(=O)N2Cc3ccccc3C[C@H]2CN2CCOCC2)n2c1CCCC2)N(Cc1cccc(OC)c1C)c1ccc(O)cc1. The molecule has 8 nitrogen and oxygen atoms in total. The molecule has 0 aliphatic carbocycles. The predicted octanol–water partition coefficient (Wildman–Crippen LogP) is 8.09. The summed E-state index contributed by atoms with van der Waals surface area (Å²) in [5.41, 5.74) is 11.6. The first-order chi connectivity index (χ1) is 26.4. The van der Waals surface area contributed by atoms with Gasteiger partial charge in [0.15, 0.2) is 0 Å². The lowest BCUT2D eigenvalue weighted by Crippen LogP contribution is -2.52. The lowest BCUT2D eigenvalue weighted by atomic mass is 9.92. The third-order valence-electron chi connectivity index (χ3n) is 11.6. The van der Waals surface area contributed by atoms with E-state index in [2.05, 4.69) is 74.7 Å². The Labute approximate surface area is 318 Å². The molecule has 3 aliphatic heterocycles. The number of methoxy groups -OCH3 is 1. The number of aromatic nitrogens is 1.